The minimum absolute atomic E-state index is 0.203. The molecule has 1 aromatic rings. The van der Waals surface area contributed by atoms with Gasteiger partial charge in [0.15, 0.2) is 0 Å². The Morgan fingerprint density at radius 3 is 3.13 bits per heavy atom. The van der Waals surface area contributed by atoms with E-state index in [9.17, 15) is 4.79 Å². The van der Waals surface area contributed by atoms with Crippen molar-refractivity contribution < 1.29 is 9.21 Å². The molecule has 0 saturated carbocycles. The van der Waals surface area contributed by atoms with Crippen molar-refractivity contribution in [2.75, 3.05) is 11.5 Å². The van der Waals surface area contributed by atoms with E-state index in [2.05, 4.69) is 10.5 Å². The standard InChI is InChI=1S/C10H12N2O2S/c1-7-9(2-4-14-7)10(13)12-11-8-3-5-15-6-8/h2,4H,3,5-6H2,1H3,(H,12,13)/b11-8+. The normalized spacial score (nSPS) is 18.3. The Labute approximate surface area is 92.1 Å². The van der Waals surface area contributed by atoms with Crippen LogP contribution in [0.5, 0.6) is 0 Å². The molecule has 1 aliphatic rings. The van der Waals surface area contributed by atoms with Crippen LogP contribution in [0.4, 0.5) is 0 Å². The first-order valence-electron chi connectivity index (χ1n) is 4.75. The number of rotatable bonds is 2. The van der Waals surface area contributed by atoms with Gasteiger partial charge in [-0.25, -0.2) is 5.43 Å². The fourth-order valence-corrected chi connectivity index (χ4v) is 2.32. The maximum absolute atomic E-state index is 11.6. The lowest BCUT2D eigenvalue weighted by Crippen LogP contribution is -2.19. The summed E-state index contributed by atoms with van der Waals surface area (Å²) in [6, 6.07) is 1.65. The second kappa shape index (κ2) is 4.53. The van der Waals surface area contributed by atoms with Crippen molar-refractivity contribution in [1.82, 2.24) is 5.43 Å². The van der Waals surface area contributed by atoms with E-state index in [0.717, 1.165) is 23.6 Å². The quantitative estimate of drug-likeness (QED) is 0.779. The lowest BCUT2D eigenvalue weighted by Gasteiger charge is -1.98. The first-order chi connectivity index (χ1) is 7.27. The highest BCUT2D eigenvalue weighted by Crippen LogP contribution is 2.14. The molecule has 2 heterocycles. The van der Waals surface area contributed by atoms with E-state index < -0.39 is 0 Å². The van der Waals surface area contributed by atoms with Gasteiger partial charge in [0, 0.05) is 11.5 Å². The van der Waals surface area contributed by atoms with Crippen molar-refractivity contribution in [1.29, 1.82) is 0 Å². The van der Waals surface area contributed by atoms with E-state index in [0.29, 0.717) is 11.3 Å². The molecule has 1 saturated heterocycles. The molecule has 2 rings (SSSR count). The predicted octanol–water partition coefficient (Wildman–Crippen LogP) is 1.81. The summed E-state index contributed by atoms with van der Waals surface area (Å²) >= 11 is 1.83. The molecule has 5 heteroatoms. The molecule has 4 nitrogen and oxygen atoms in total. The molecule has 0 bridgehead atoms. The molecule has 1 amide bonds. The topological polar surface area (TPSA) is 54.6 Å². The monoisotopic (exact) mass is 224 g/mol. The zero-order valence-corrected chi connectivity index (χ0v) is 9.26. The van der Waals surface area contributed by atoms with Crippen LogP contribution in [0.25, 0.3) is 0 Å². The van der Waals surface area contributed by atoms with E-state index in [1.807, 2.05) is 11.8 Å². The Bertz CT molecular complexity index is 390. The van der Waals surface area contributed by atoms with Gasteiger partial charge in [-0.05, 0) is 25.2 Å². The van der Waals surface area contributed by atoms with Gasteiger partial charge in [-0.15, -0.1) is 0 Å². The summed E-state index contributed by atoms with van der Waals surface area (Å²) in [7, 11) is 0. The van der Waals surface area contributed by atoms with Gasteiger partial charge in [-0.1, -0.05) is 0 Å². The highest BCUT2D eigenvalue weighted by Gasteiger charge is 2.12. The molecular formula is C10H12N2O2S. The molecule has 0 aromatic carbocycles. The Hall–Kier alpha value is -1.23. The second-order valence-corrected chi connectivity index (χ2v) is 4.42. The smallest absolute Gasteiger partial charge is 0.274 e. The summed E-state index contributed by atoms with van der Waals surface area (Å²) in [4.78, 5) is 11.6. The third-order valence-corrected chi connectivity index (χ3v) is 3.25. The molecule has 15 heavy (non-hydrogen) atoms. The summed E-state index contributed by atoms with van der Waals surface area (Å²) in [6.45, 7) is 1.76. The zero-order chi connectivity index (χ0) is 10.7. The minimum atomic E-state index is -0.203. The third kappa shape index (κ3) is 2.41. The van der Waals surface area contributed by atoms with Crippen molar-refractivity contribution in [2.24, 2.45) is 5.10 Å². The lowest BCUT2D eigenvalue weighted by atomic mass is 10.2. The van der Waals surface area contributed by atoms with Crippen LogP contribution in [0.2, 0.25) is 0 Å². The van der Waals surface area contributed by atoms with Crippen LogP contribution in [0.15, 0.2) is 21.8 Å². The summed E-state index contributed by atoms with van der Waals surface area (Å²) < 4.78 is 5.04. The molecule has 0 spiro atoms. The van der Waals surface area contributed by atoms with Gasteiger partial charge in [0.05, 0.1) is 11.8 Å². The number of thioether (sulfide) groups is 1. The number of furan rings is 1. The molecule has 0 atom stereocenters. The average Bonchev–Trinajstić information content (AvgIpc) is 2.84. The summed E-state index contributed by atoms with van der Waals surface area (Å²) in [5.74, 6) is 2.43. The van der Waals surface area contributed by atoms with Crippen LogP contribution >= 0.6 is 11.8 Å². The van der Waals surface area contributed by atoms with Crippen molar-refractivity contribution in [3.05, 3.63) is 23.7 Å². The van der Waals surface area contributed by atoms with E-state index >= 15 is 0 Å². The van der Waals surface area contributed by atoms with Crippen LogP contribution in [0.3, 0.4) is 0 Å². The molecule has 1 N–H and O–H groups in total. The van der Waals surface area contributed by atoms with E-state index in [1.165, 1.54) is 6.26 Å². The first-order valence-corrected chi connectivity index (χ1v) is 5.90. The number of nitrogens with one attached hydrogen (secondary N) is 1. The Kier molecular flexibility index (Phi) is 3.11. The van der Waals surface area contributed by atoms with Gasteiger partial charge in [-0.2, -0.15) is 16.9 Å². The van der Waals surface area contributed by atoms with Crippen LogP contribution in [0, 0.1) is 6.92 Å². The number of aryl methyl sites for hydroxylation is 1. The van der Waals surface area contributed by atoms with Crippen molar-refractivity contribution in [2.45, 2.75) is 13.3 Å². The summed E-state index contributed by atoms with van der Waals surface area (Å²) in [5, 5.41) is 4.07. The highest BCUT2D eigenvalue weighted by atomic mass is 32.2. The molecular weight excluding hydrogens is 212 g/mol. The zero-order valence-electron chi connectivity index (χ0n) is 8.45. The Balaban J connectivity index is 1.98. The fraction of sp³-hybridized carbons (Fsp3) is 0.400. The number of hydrazone groups is 1. The number of carbonyl (C=O) groups excluding carboxylic acids is 1. The number of nitrogens with zero attached hydrogens (tertiary/aromatic N) is 1. The fourth-order valence-electron chi connectivity index (χ4n) is 1.35. The lowest BCUT2D eigenvalue weighted by molar-refractivity contribution is 0.0953. The SMILES string of the molecule is Cc1occc1C(=O)N/N=C1\CCSC1. The van der Waals surface area contributed by atoms with E-state index in [4.69, 9.17) is 4.42 Å². The van der Waals surface area contributed by atoms with Gasteiger partial charge >= 0.3 is 0 Å². The molecule has 1 aromatic heterocycles. The maximum Gasteiger partial charge on any atom is 0.274 e. The number of hydrogen-bond donors (Lipinski definition) is 1. The van der Waals surface area contributed by atoms with Crippen LogP contribution in [0.1, 0.15) is 22.5 Å². The maximum atomic E-state index is 11.6. The summed E-state index contributed by atoms with van der Waals surface area (Å²) in [5.41, 5.74) is 4.14. The highest BCUT2D eigenvalue weighted by molar-refractivity contribution is 8.00. The largest absolute Gasteiger partial charge is 0.469 e. The molecule has 0 unspecified atom stereocenters. The van der Waals surface area contributed by atoms with Crippen molar-refractivity contribution >= 4 is 23.4 Å². The Morgan fingerprint density at radius 1 is 1.67 bits per heavy atom. The second-order valence-electron chi connectivity index (χ2n) is 3.31. The third-order valence-electron chi connectivity index (χ3n) is 2.22. The van der Waals surface area contributed by atoms with Crippen LogP contribution in [-0.4, -0.2) is 23.1 Å². The summed E-state index contributed by atoms with van der Waals surface area (Å²) in [6.07, 6.45) is 2.47. The molecule has 1 fully saturated rings. The first kappa shape index (κ1) is 10.3. The number of carbonyl (C=O) groups is 1. The van der Waals surface area contributed by atoms with Gasteiger partial charge in [0.2, 0.25) is 0 Å². The average molecular weight is 224 g/mol. The molecule has 80 valence electrons. The molecule has 1 aliphatic heterocycles. The van der Waals surface area contributed by atoms with Gasteiger partial charge in [0.25, 0.3) is 5.91 Å². The van der Waals surface area contributed by atoms with Crippen molar-refractivity contribution in [3.8, 4) is 0 Å². The van der Waals surface area contributed by atoms with Crippen LogP contribution < -0.4 is 5.43 Å². The molecule has 0 radical (unpaired) electrons. The van der Waals surface area contributed by atoms with Crippen molar-refractivity contribution in [3.63, 3.8) is 0 Å². The van der Waals surface area contributed by atoms with E-state index in [1.54, 1.807) is 13.0 Å². The number of amides is 1. The number of hydrogen-bond acceptors (Lipinski definition) is 4. The van der Waals surface area contributed by atoms with Gasteiger partial charge in [0.1, 0.15) is 5.76 Å². The molecule has 0 aliphatic carbocycles. The predicted molar refractivity (Wildman–Crippen MR) is 60.3 cm³/mol. The Morgan fingerprint density at radius 2 is 2.53 bits per heavy atom. The van der Waals surface area contributed by atoms with E-state index in [-0.39, 0.29) is 5.91 Å². The van der Waals surface area contributed by atoms with Gasteiger partial charge in [-0.3, -0.25) is 4.79 Å². The minimum Gasteiger partial charge on any atom is -0.469 e. The van der Waals surface area contributed by atoms with Crippen LogP contribution in [-0.2, 0) is 0 Å². The van der Waals surface area contributed by atoms with Gasteiger partial charge < -0.3 is 4.42 Å².